The molecular weight excluding hydrogens is 577 g/mol. The zero-order valence-electron chi connectivity index (χ0n) is 26.5. The van der Waals surface area contributed by atoms with Crippen LogP contribution in [0.2, 0.25) is 0 Å². The molecule has 0 radical (unpaired) electrons. The summed E-state index contributed by atoms with van der Waals surface area (Å²) in [5, 5.41) is 0. The van der Waals surface area contributed by atoms with Gasteiger partial charge in [-0.15, -0.1) is 0 Å². The Morgan fingerprint density at radius 3 is 2.51 bits per heavy atom. The molecule has 3 aliphatic rings. The largest absolute Gasteiger partial charge is 0.477 e. The molecule has 7 nitrogen and oxygen atoms in total. The molecule has 2 aromatic carbocycles. The van der Waals surface area contributed by atoms with E-state index in [0.717, 1.165) is 59.5 Å². The average Bonchev–Trinajstić information content (AvgIpc) is 3.61. The van der Waals surface area contributed by atoms with Gasteiger partial charge in [-0.25, -0.2) is 9.97 Å². The Bertz CT molecular complexity index is 1600. The molecule has 1 saturated carbocycles. The topological polar surface area (TPSA) is 76.1 Å². The number of nitrogens with one attached hydrogen (secondary N) is 1. The summed E-state index contributed by atoms with van der Waals surface area (Å²) >= 11 is 1.56. The van der Waals surface area contributed by atoms with Gasteiger partial charge in [0.2, 0.25) is 11.8 Å². The summed E-state index contributed by atoms with van der Waals surface area (Å²) in [6, 6.07) is 17.4. The monoisotopic (exact) mass is 620 g/mol. The van der Waals surface area contributed by atoms with Gasteiger partial charge in [0.05, 0.1) is 24.2 Å². The van der Waals surface area contributed by atoms with Crippen molar-refractivity contribution in [1.82, 2.24) is 19.9 Å². The highest BCUT2D eigenvalue weighted by molar-refractivity contribution is 8.00. The molecule has 4 heterocycles. The number of aryl methyl sites for hydroxylation is 2. The molecule has 2 aromatic heterocycles. The zero-order valence-corrected chi connectivity index (χ0v) is 27.4. The van der Waals surface area contributed by atoms with Crippen molar-refractivity contribution >= 4 is 23.7 Å². The molecule has 7 rings (SSSR count). The molecule has 234 valence electrons. The van der Waals surface area contributed by atoms with E-state index in [1.807, 2.05) is 18.5 Å². The Morgan fingerprint density at radius 1 is 0.889 bits per heavy atom. The van der Waals surface area contributed by atoms with Crippen LogP contribution in [0.5, 0.6) is 5.88 Å². The molecule has 1 saturated heterocycles. The van der Waals surface area contributed by atoms with Crippen LogP contribution in [0.15, 0.2) is 65.8 Å². The third-order valence-corrected chi connectivity index (χ3v) is 10.7. The number of aromatic nitrogens is 4. The van der Waals surface area contributed by atoms with Crippen LogP contribution in [0, 0.1) is 25.7 Å². The van der Waals surface area contributed by atoms with Crippen molar-refractivity contribution in [2.45, 2.75) is 82.4 Å². The Kier molecular flexibility index (Phi) is 9.19. The van der Waals surface area contributed by atoms with Gasteiger partial charge in [0.1, 0.15) is 5.82 Å². The second-order valence-corrected chi connectivity index (χ2v) is 14.0. The van der Waals surface area contributed by atoms with Crippen LogP contribution in [-0.2, 0) is 6.42 Å². The van der Waals surface area contributed by atoms with E-state index in [0.29, 0.717) is 24.4 Å². The predicted octanol–water partition coefficient (Wildman–Crippen LogP) is 8.58. The van der Waals surface area contributed by atoms with Crippen molar-refractivity contribution < 1.29 is 4.74 Å². The fraction of sp³-hybridized carbons (Fsp3) is 0.459. The highest BCUT2D eigenvalue weighted by Gasteiger charge is 2.30. The molecule has 0 amide bonds. The van der Waals surface area contributed by atoms with Gasteiger partial charge >= 0.3 is 0 Å². The molecule has 2 fully saturated rings. The van der Waals surface area contributed by atoms with E-state index in [1.165, 1.54) is 61.6 Å². The van der Waals surface area contributed by atoms with Crippen LogP contribution in [0.1, 0.15) is 79.7 Å². The van der Waals surface area contributed by atoms with E-state index >= 15 is 0 Å². The highest BCUT2D eigenvalue weighted by atomic mass is 32.2. The summed E-state index contributed by atoms with van der Waals surface area (Å²) in [5.74, 6) is 3.47. The first kappa shape index (κ1) is 30.0. The maximum Gasteiger partial charge on any atom is 0.237 e. The van der Waals surface area contributed by atoms with E-state index in [2.05, 4.69) is 70.9 Å². The molecule has 2 aliphatic heterocycles. The van der Waals surface area contributed by atoms with Gasteiger partial charge in [-0.3, -0.25) is 9.71 Å². The van der Waals surface area contributed by atoms with Gasteiger partial charge in [0.15, 0.2) is 0 Å². The molecule has 4 bridgehead atoms. The minimum absolute atomic E-state index is 0.245. The third-order valence-electron chi connectivity index (χ3n) is 9.89. The van der Waals surface area contributed by atoms with E-state index in [-0.39, 0.29) is 5.92 Å². The first-order chi connectivity index (χ1) is 22.1. The molecule has 8 heteroatoms. The first-order valence-corrected chi connectivity index (χ1v) is 17.6. The molecule has 1 N–H and O–H groups in total. The van der Waals surface area contributed by atoms with E-state index < -0.39 is 0 Å². The number of hydrogen-bond donors (Lipinski definition) is 1. The lowest BCUT2D eigenvalue weighted by Gasteiger charge is -2.32. The standard InChI is InChI=1S/C37H44N6OS/c1-25-10-8-11-26(2)36(25)33-21-35-41-37(40-33)42-45-31-15-9-14-28(19-31)32(29(24-44-35)18-27-12-4-3-5-13-27)20-30-22-38-23-34(39-30)43-16-6-7-17-43/h8-11,14-15,19,21-23,27,29,32H,3-7,12-13,16-18,20,24H2,1-2H3,(H,40,41,42). The summed E-state index contributed by atoms with van der Waals surface area (Å²) in [4.78, 5) is 23.2. The number of hydrogen-bond acceptors (Lipinski definition) is 8. The molecular formula is C37H44N6OS. The van der Waals surface area contributed by atoms with Crippen LogP contribution in [0.25, 0.3) is 11.3 Å². The number of anilines is 2. The van der Waals surface area contributed by atoms with E-state index in [1.54, 1.807) is 11.9 Å². The minimum Gasteiger partial charge on any atom is -0.477 e. The number of rotatable bonds is 6. The Balaban J connectivity index is 1.26. The van der Waals surface area contributed by atoms with Crippen LogP contribution in [-0.4, -0.2) is 39.6 Å². The molecule has 1 aliphatic carbocycles. The van der Waals surface area contributed by atoms with Crippen molar-refractivity contribution in [2.24, 2.45) is 11.8 Å². The highest BCUT2D eigenvalue weighted by Crippen LogP contribution is 2.39. The van der Waals surface area contributed by atoms with E-state index in [9.17, 15) is 0 Å². The van der Waals surface area contributed by atoms with Gasteiger partial charge in [-0.2, -0.15) is 4.98 Å². The molecule has 2 unspecified atom stereocenters. The molecule has 4 aromatic rings. The maximum atomic E-state index is 6.72. The lowest BCUT2D eigenvalue weighted by Crippen LogP contribution is -2.27. The summed E-state index contributed by atoms with van der Waals surface area (Å²) in [6.07, 6.45) is 15.0. The average molecular weight is 621 g/mol. The Hall–Kier alpha value is -3.65. The zero-order chi connectivity index (χ0) is 30.6. The Morgan fingerprint density at radius 2 is 1.69 bits per heavy atom. The van der Waals surface area contributed by atoms with Gasteiger partial charge in [-0.1, -0.05) is 62.4 Å². The summed E-state index contributed by atoms with van der Waals surface area (Å²) in [6.45, 7) is 7.01. The third kappa shape index (κ3) is 7.11. The Labute approximate surface area is 271 Å². The lowest BCUT2D eigenvalue weighted by atomic mass is 9.75. The lowest BCUT2D eigenvalue weighted by molar-refractivity contribution is 0.173. The smallest absolute Gasteiger partial charge is 0.237 e. The number of ether oxygens (including phenoxy) is 1. The number of benzene rings is 2. The number of nitrogens with zero attached hydrogens (tertiary/aromatic N) is 5. The van der Waals surface area contributed by atoms with E-state index in [4.69, 9.17) is 19.7 Å². The second-order valence-electron chi connectivity index (χ2n) is 13.1. The summed E-state index contributed by atoms with van der Waals surface area (Å²) in [7, 11) is 0. The fourth-order valence-corrected chi connectivity index (χ4v) is 8.21. The van der Waals surface area contributed by atoms with Crippen LogP contribution >= 0.6 is 11.9 Å². The van der Waals surface area contributed by atoms with Crippen molar-refractivity contribution in [3.63, 3.8) is 0 Å². The summed E-state index contributed by atoms with van der Waals surface area (Å²) < 4.78 is 10.1. The van der Waals surface area contributed by atoms with Crippen LogP contribution in [0.4, 0.5) is 11.8 Å². The molecule has 0 spiro atoms. The fourth-order valence-electron chi connectivity index (χ4n) is 7.57. The van der Waals surface area contributed by atoms with Crippen LogP contribution < -0.4 is 14.4 Å². The SMILES string of the molecule is Cc1cccc(C)c1-c1cc2nc(n1)NSc1cccc(c1)C(Cc1cncc(N3CCCC3)n1)C(CC1CCCCC1)CO2. The van der Waals surface area contributed by atoms with Gasteiger partial charge < -0.3 is 9.64 Å². The maximum absolute atomic E-state index is 6.72. The summed E-state index contributed by atoms with van der Waals surface area (Å²) in [5.41, 5.74) is 6.81. The second kappa shape index (κ2) is 13.8. The van der Waals surface area contributed by atoms with Crippen molar-refractivity contribution in [1.29, 1.82) is 0 Å². The number of fused-ring (bicyclic) bond motifs is 4. The predicted molar refractivity (Wildman–Crippen MR) is 183 cm³/mol. The normalized spacial score (nSPS) is 20.5. The van der Waals surface area contributed by atoms with Crippen molar-refractivity contribution in [2.75, 3.05) is 29.3 Å². The first-order valence-electron chi connectivity index (χ1n) is 16.8. The van der Waals surface area contributed by atoms with Crippen LogP contribution in [0.3, 0.4) is 0 Å². The molecule has 45 heavy (non-hydrogen) atoms. The van der Waals surface area contributed by atoms with Gasteiger partial charge in [0.25, 0.3) is 0 Å². The van der Waals surface area contributed by atoms with Crippen molar-refractivity contribution in [3.05, 3.63) is 83.3 Å². The van der Waals surface area contributed by atoms with Gasteiger partial charge in [-0.05, 0) is 92.1 Å². The van der Waals surface area contributed by atoms with Crippen molar-refractivity contribution in [3.8, 4) is 17.1 Å². The van der Waals surface area contributed by atoms with Gasteiger partial charge in [0, 0.05) is 41.7 Å². The molecule has 2 atom stereocenters. The minimum atomic E-state index is 0.245. The quantitative estimate of drug-likeness (QED) is 0.215.